The molecule has 0 saturated carbocycles. The molecule has 0 amide bonds. The third-order valence-electron chi connectivity index (χ3n) is 1.43. The Morgan fingerprint density at radius 1 is 1.77 bits per heavy atom. The highest BCUT2D eigenvalue weighted by Crippen LogP contribution is 2.19. The van der Waals surface area contributed by atoms with Crippen LogP contribution in [0.5, 0.6) is 5.75 Å². The molecule has 66 valence electrons. The zero-order valence-corrected chi connectivity index (χ0v) is 7.50. The third kappa shape index (κ3) is 1.76. The van der Waals surface area contributed by atoms with Gasteiger partial charge in [0, 0.05) is 6.20 Å². The van der Waals surface area contributed by atoms with E-state index in [1.807, 2.05) is 0 Å². The highest BCUT2D eigenvalue weighted by molar-refractivity contribution is 6.67. The first-order chi connectivity index (χ1) is 6.20. The quantitative estimate of drug-likeness (QED) is 0.670. The van der Waals surface area contributed by atoms with Crippen molar-refractivity contribution in [1.82, 2.24) is 4.98 Å². The number of nitriles is 1. The molecule has 0 bridgehead atoms. The molecular weight excluding hydrogens is 192 g/mol. The van der Waals surface area contributed by atoms with E-state index >= 15 is 0 Å². The maximum atomic E-state index is 10.8. The second-order valence-electron chi connectivity index (χ2n) is 2.12. The van der Waals surface area contributed by atoms with Crippen molar-refractivity contribution in [2.24, 2.45) is 0 Å². The standard InChI is InChI=1S/C8H5ClN2O2/c1-13-6-2-3-11-7(8(9)12)5(6)4-10/h2-3H,1H3. The van der Waals surface area contributed by atoms with Crippen molar-refractivity contribution < 1.29 is 9.53 Å². The molecule has 0 spiro atoms. The van der Waals surface area contributed by atoms with Crippen molar-refractivity contribution in [3.05, 3.63) is 23.5 Å². The molecule has 1 rings (SSSR count). The summed E-state index contributed by atoms with van der Waals surface area (Å²) in [6.07, 6.45) is 1.36. The summed E-state index contributed by atoms with van der Waals surface area (Å²) in [6, 6.07) is 3.29. The topological polar surface area (TPSA) is 63.0 Å². The number of hydrogen-bond donors (Lipinski definition) is 0. The Labute approximate surface area is 79.7 Å². The smallest absolute Gasteiger partial charge is 0.272 e. The molecule has 0 unspecified atom stereocenters. The number of methoxy groups -OCH3 is 1. The Kier molecular flexibility index (Phi) is 2.83. The van der Waals surface area contributed by atoms with Crippen LogP contribution in [0.25, 0.3) is 0 Å². The summed E-state index contributed by atoms with van der Waals surface area (Å²) in [5, 5.41) is 7.93. The molecule has 0 aliphatic carbocycles. The number of hydrogen-bond acceptors (Lipinski definition) is 4. The maximum Gasteiger partial charge on any atom is 0.272 e. The Morgan fingerprint density at radius 2 is 2.46 bits per heavy atom. The van der Waals surface area contributed by atoms with Gasteiger partial charge in [0.2, 0.25) is 0 Å². The Morgan fingerprint density at radius 3 is 2.92 bits per heavy atom. The van der Waals surface area contributed by atoms with Gasteiger partial charge in [-0.3, -0.25) is 9.78 Å². The number of carbonyl (C=O) groups is 1. The molecular formula is C8H5ClN2O2. The van der Waals surface area contributed by atoms with E-state index in [4.69, 9.17) is 21.6 Å². The largest absolute Gasteiger partial charge is 0.495 e. The number of nitrogens with zero attached hydrogens (tertiary/aromatic N) is 2. The Hall–Kier alpha value is -1.60. The second-order valence-corrected chi connectivity index (χ2v) is 2.47. The lowest BCUT2D eigenvalue weighted by Gasteiger charge is -2.02. The fraction of sp³-hybridized carbons (Fsp3) is 0.125. The molecule has 1 heterocycles. The average molecular weight is 197 g/mol. The van der Waals surface area contributed by atoms with Gasteiger partial charge in [0.15, 0.2) is 0 Å². The van der Waals surface area contributed by atoms with Crippen LogP contribution in [-0.4, -0.2) is 17.3 Å². The lowest BCUT2D eigenvalue weighted by Crippen LogP contribution is -2.00. The van der Waals surface area contributed by atoms with E-state index in [9.17, 15) is 4.79 Å². The summed E-state index contributed by atoms with van der Waals surface area (Å²) in [5.74, 6) is 0.293. The molecule has 0 N–H and O–H groups in total. The predicted molar refractivity (Wildman–Crippen MR) is 45.7 cm³/mol. The second kappa shape index (κ2) is 3.87. The molecule has 0 saturated heterocycles. The number of ether oxygens (including phenoxy) is 1. The van der Waals surface area contributed by atoms with Crippen LogP contribution < -0.4 is 4.74 Å². The minimum atomic E-state index is -0.768. The summed E-state index contributed by atoms with van der Waals surface area (Å²) < 4.78 is 4.85. The first kappa shape index (κ1) is 9.49. The van der Waals surface area contributed by atoms with Crippen LogP contribution in [0.4, 0.5) is 0 Å². The molecule has 1 aromatic rings. The molecule has 0 radical (unpaired) electrons. The molecule has 0 fully saturated rings. The van der Waals surface area contributed by atoms with Crippen LogP contribution in [0.3, 0.4) is 0 Å². The van der Waals surface area contributed by atoms with Crippen molar-refractivity contribution in [2.45, 2.75) is 0 Å². The number of rotatable bonds is 2. The van der Waals surface area contributed by atoms with Gasteiger partial charge in [-0.1, -0.05) is 0 Å². The number of pyridine rings is 1. The van der Waals surface area contributed by atoms with E-state index in [2.05, 4.69) is 4.98 Å². The maximum absolute atomic E-state index is 10.8. The van der Waals surface area contributed by atoms with Gasteiger partial charge in [-0.2, -0.15) is 5.26 Å². The SMILES string of the molecule is COc1ccnc(C(=O)Cl)c1C#N. The summed E-state index contributed by atoms with van der Waals surface area (Å²) in [7, 11) is 1.40. The monoisotopic (exact) mass is 196 g/mol. The fourth-order valence-corrected chi connectivity index (χ4v) is 1.01. The van der Waals surface area contributed by atoms with Crippen LogP contribution in [-0.2, 0) is 0 Å². The summed E-state index contributed by atoms with van der Waals surface area (Å²) in [5.41, 5.74) is -0.0199. The van der Waals surface area contributed by atoms with Crippen molar-refractivity contribution in [3.63, 3.8) is 0 Å². The Balaban J connectivity index is 3.38. The van der Waals surface area contributed by atoms with Gasteiger partial charge in [0.25, 0.3) is 5.24 Å². The molecule has 0 aromatic carbocycles. The van der Waals surface area contributed by atoms with E-state index in [-0.39, 0.29) is 11.3 Å². The summed E-state index contributed by atoms with van der Waals surface area (Å²) >= 11 is 5.21. The van der Waals surface area contributed by atoms with Gasteiger partial charge < -0.3 is 4.74 Å². The van der Waals surface area contributed by atoms with E-state index in [0.29, 0.717) is 5.75 Å². The molecule has 0 aliphatic heterocycles. The highest BCUT2D eigenvalue weighted by Gasteiger charge is 2.14. The number of aromatic nitrogens is 1. The highest BCUT2D eigenvalue weighted by atomic mass is 35.5. The average Bonchev–Trinajstić information content (AvgIpc) is 2.16. The Bertz CT molecular complexity index is 384. The number of carbonyl (C=O) groups excluding carboxylic acids is 1. The number of halogens is 1. The zero-order valence-electron chi connectivity index (χ0n) is 6.74. The lowest BCUT2D eigenvalue weighted by atomic mass is 10.2. The molecule has 13 heavy (non-hydrogen) atoms. The van der Waals surface area contributed by atoms with E-state index in [1.165, 1.54) is 19.4 Å². The zero-order chi connectivity index (χ0) is 9.84. The molecule has 0 atom stereocenters. The minimum absolute atomic E-state index is 0.0602. The van der Waals surface area contributed by atoms with Crippen molar-refractivity contribution in [2.75, 3.05) is 7.11 Å². The van der Waals surface area contributed by atoms with Crippen LogP contribution in [0.2, 0.25) is 0 Å². The predicted octanol–water partition coefficient (Wildman–Crippen LogP) is 1.34. The van der Waals surface area contributed by atoms with Gasteiger partial charge in [-0.05, 0) is 17.7 Å². The normalized spacial score (nSPS) is 9.00. The van der Waals surface area contributed by atoms with Gasteiger partial charge in [-0.25, -0.2) is 0 Å². The first-order valence-corrected chi connectivity index (χ1v) is 3.71. The summed E-state index contributed by atoms with van der Waals surface area (Å²) in [4.78, 5) is 14.5. The van der Waals surface area contributed by atoms with Gasteiger partial charge >= 0.3 is 0 Å². The van der Waals surface area contributed by atoms with E-state index in [0.717, 1.165) is 0 Å². The lowest BCUT2D eigenvalue weighted by molar-refractivity contribution is 0.107. The van der Waals surface area contributed by atoms with Gasteiger partial charge in [0.05, 0.1) is 7.11 Å². The van der Waals surface area contributed by atoms with Crippen LogP contribution in [0.1, 0.15) is 16.1 Å². The van der Waals surface area contributed by atoms with Gasteiger partial charge in [-0.15, -0.1) is 0 Å². The summed E-state index contributed by atoms with van der Waals surface area (Å²) in [6.45, 7) is 0. The fourth-order valence-electron chi connectivity index (χ4n) is 0.871. The van der Waals surface area contributed by atoms with Crippen molar-refractivity contribution in [3.8, 4) is 11.8 Å². The van der Waals surface area contributed by atoms with Crippen LogP contribution in [0.15, 0.2) is 12.3 Å². The van der Waals surface area contributed by atoms with Crippen LogP contribution >= 0.6 is 11.6 Å². The molecule has 0 aliphatic rings. The van der Waals surface area contributed by atoms with Crippen molar-refractivity contribution >= 4 is 16.8 Å². The van der Waals surface area contributed by atoms with E-state index < -0.39 is 5.24 Å². The third-order valence-corrected chi connectivity index (χ3v) is 1.61. The first-order valence-electron chi connectivity index (χ1n) is 3.33. The molecule has 4 nitrogen and oxygen atoms in total. The van der Waals surface area contributed by atoms with Gasteiger partial charge in [0.1, 0.15) is 23.1 Å². The molecule has 5 heteroatoms. The van der Waals surface area contributed by atoms with Crippen molar-refractivity contribution in [1.29, 1.82) is 5.26 Å². The molecule has 1 aromatic heterocycles. The van der Waals surface area contributed by atoms with Crippen LogP contribution in [0, 0.1) is 11.3 Å². The minimum Gasteiger partial charge on any atom is -0.495 e. The van der Waals surface area contributed by atoms with E-state index in [1.54, 1.807) is 6.07 Å².